The fraction of sp³-hybridized carbons (Fsp3) is 0.235. The Kier molecular flexibility index (Phi) is 5.22. The maximum atomic E-state index is 13.1. The van der Waals surface area contributed by atoms with Gasteiger partial charge in [-0.05, 0) is 26.0 Å². The second kappa shape index (κ2) is 7.13. The van der Waals surface area contributed by atoms with Crippen molar-refractivity contribution < 1.29 is 18.9 Å². The third kappa shape index (κ3) is 4.11. The fourth-order valence-corrected chi connectivity index (χ4v) is 2.22. The first-order valence-corrected chi connectivity index (χ1v) is 7.13. The lowest BCUT2D eigenvalue weighted by molar-refractivity contribution is -0.709. The van der Waals surface area contributed by atoms with Crippen molar-refractivity contribution in [3.05, 3.63) is 65.7 Å². The molecule has 0 aliphatic heterocycles. The van der Waals surface area contributed by atoms with Crippen LogP contribution < -0.4 is 10.6 Å². The van der Waals surface area contributed by atoms with Gasteiger partial charge in [0.1, 0.15) is 6.04 Å². The quantitative estimate of drug-likeness (QED) is 0.876. The average Bonchev–Trinajstić information content (AvgIpc) is 2.51. The summed E-state index contributed by atoms with van der Waals surface area (Å²) in [5, 5.41) is 4.51. The lowest BCUT2D eigenvalue weighted by Crippen LogP contribution is -2.91. The van der Waals surface area contributed by atoms with Crippen molar-refractivity contribution in [2.45, 2.75) is 25.9 Å². The van der Waals surface area contributed by atoms with Gasteiger partial charge in [-0.3, -0.25) is 4.79 Å². The van der Waals surface area contributed by atoms with E-state index in [1.165, 1.54) is 6.07 Å². The Bertz CT molecular complexity index is 646. The van der Waals surface area contributed by atoms with Crippen molar-refractivity contribution in [3.63, 3.8) is 0 Å². The first kappa shape index (κ1) is 16.1. The normalized spacial score (nSPS) is 13.5. The average molecular weight is 305 g/mol. The Morgan fingerprint density at radius 3 is 2.36 bits per heavy atom. The lowest BCUT2D eigenvalue weighted by Gasteiger charge is -2.17. The van der Waals surface area contributed by atoms with E-state index in [1.807, 2.05) is 42.6 Å². The van der Waals surface area contributed by atoms with Crippen LogP contribution in [0.5, 0.6) is 0 Å². The van der Waals surface area contributed by atoms with Crippen LogP contribution in [0.15, 0.2) is 48.5 Å². The molecule has 2 rings (SSSR count). The topological polar surface area (TPSA) is 45.7 Å². The van der Waals surface area contributed by atoms with Gasteiger partial charge in [-0.2, -0.15) is 0 Å². The van der Waals surface area contributed by atoms with Crippen LogP contribution >= 0.6 is 0 Å². The zero-order valence-corrected chi connectivity index (χ0v) is 12.5. The molecule has 0 fully saturated rings. The monoisotopic (exact) mass is 305 g/mol. The predicted octanol–water partition coefficient (Wildman–Crippen LogP) is 2.62. The molecule has 116 valence electrons. The van der Waals surface area contributed by atoms with Gasteiger partial charge in [0.2, 0.25) is 0 Å². The van der Waals surface area contributed by atoms with Crippen molar-refractivity contribution in [1.29, 1.82) is 0 Å². The molecule has 2 aromatic carbocycles. The van der Waals surface area contributed by atoms with E-state index in [9.17, 15) is 13.6 Å². The number of nitrogens with one attached hydrogen (secondary N) is 1. The van der Waals surface area contributed by atoms with Crippen LogP contribution in [0.2, 0.25) is 0 Å². The van der Waals surface area contributed by atoms with E-state index in [0.717, 1.165) is 17.7 Å². The van der Waals surface area contributed by atoms with E-state index in [2.05, 4.69) is 5.32 Å². The molecule has 0 aromatic heterocycles. The molecule has 0 aliphatic carbocycles. The van der Waals surface area contributed by atoms with Crippen LogP contribution in [-0.2, 0) is 4.79 Å². The van der Waals surface area contributed by atoms with E-state index < -0.39 is 11.6 Å². The molecule has 3 N–H and O–H groups in total. The zero-order chi connectivity index (χ0) is 16.1. The zero-order valence-electron chi connectivity index (χ0n) is 12.5. The number of anilines is 1. The summed E-state index contributed by atoms with van der Waals surface area (Å²) < 4.78 is 26.0. The third-order valence-corrected chi connectivity index (χ3v) is 3.50. The van der Waals surface area contributed by atoms with Crippen LogP contribution in [0.3, 0.4) is 0 Å². The number of carbonyl (C=O) groups excluding carboxylic acids is 1. The maximum absolute atomic E-state index is 13.1. The molecular formula is C17H19F2N2O+. The van der Waals surface area contributed by atoms with Gasteiger partial charge >= 0.3 is 0 Å². The van der Waals surface area contributed by atoms with Gasteiger partial charge in [-0.15, -0.1) is 0 Å². The van der Waals surface area contributed by atoms with Gasteiger partial charge in [0.25, 0.3) is 5.91 Å². The molecule has 0 spiro atoms. The molecular weight excluding hydrogens is 286 g/mol. The second-order valence-electron chi connectivity index (χ2n) is 5.30. The molecule has 0 saturated heterocycles. The molecule has 0 heterocycles. The Hall–Kier alpha value is -2.27. The van der Waals surface area contributed by atoms with E-state index >= 15 is 0 Å². The van der Waals surface area contributed by atoms with Crippen LogP contribution in [-0.4, -0.2) is 11.9 Å². The molecule has 0 bridgehead atoms. The second-order valence-corrected chi connectivity index (χ2v) is 5.30. The summed E-state index contributed by atoms with van der Waals surface area (Å²) in [4.78, 5) is 12.1. The van der Waals surface area contributed by atoms with Gasteiger partial charge < -0.3 is 10.6 Å². The fourth-order valence-electron chi connectivity index (χ4n) is 2.22. The van der Waals surface area contributed by atoms with Gasteiger partial charge in [0, 0.05) is 17.3 Å². The minimum Gasteiger partial charge on any atom is -0.330 e. The Morgan fingerprint density at radius 1 is 1.05 bits per heavy atom. The van der Waals surface area contributed by atoms with Crippen molar-refractivity contribution in [2.75, 3.05) is 5.32 Å². The van der Waals surface area contributed by atoms with Crippen LogP contribution in [0.1, 0.15) is 25.5 Å². The molecule has 0 radical (unpaired) electrons. The molecule has 0 unspecified atom stereocenters. The first-order chi connectivity index (χ1) is 10.5. The summed E-state index contributed by atoms with van der Waals surface area (Å²) >= 11 is 0. The van der Waals surface area contributed by atoms with Gasteiger partial charge in [-0.25, -0.2) is 8.78 Å². The number of nitrogens with two attached hydrogens (primary N) is 1. The largest absolute Gasteiger partial charge is 0.330 e. The molecule has 2 atom stereocenters. The summed E-state index contributed by atoms with van der Waals surface area (Å²) in [5.41, 5.74) is 1.37. The van der Waals surface area contributed by atoms with Gasteiger partial charge in [-0.1, -0.05) is 30.3 Å². The van der Waals surface area contributed by atoms with Crippen LogP contribution in [0.4, 0.5) is 14.5 Å². The van der Waals surface area contributed by atoms with E-state index in [1.54, 1.807) is 6.92 Å². The molecule has 3 nitrogen and oxygen atoms in total. The smallest absolute Gasteiger partial charge is 0.282 e. The number of benzene rings is 2. The third-order valence-electron chi connectivity index (χ3n) is 3.50. The number of halogens is 2. The van der Waals surface area contributed by atoms with E-state index in [-0.39, 0.29) is 23.7 Å². The van der Waals surface area contributed by atoms with Gasteiger partial charge in [0.15, 0.2) is 17.7 Å². The molecule has 5 heteroatoms. The summed E-state index contributed by atoms with van der Waals surface area (Å²) in [6.07, 6.45) is 0. The Balaban J connectivity index is 1.95. The Morgan fingerprint density at radius 2 is 1.73 bits per heavy atom. The van der Waals surface area contributed by atoms with Crippen LogP contribution in [0, 0.1) is 11.6 Å². The molecule has 2 aromatic rings. The SMILES string of the molecule is C[C@H]([NH2+][C@@H](C)c1ccccc1)C(=O)Nc1ccc(F)c(F)c1. The first-order valence-electron chi connectivity index (χ1n) is 7.13. The highest BCUT2D eigenvalue weighted by atomic mass is 19.2. The molecule has 22 heavy (non-hydrogen) atoms. The maximum Gasteiger partial charge on any atom is 0.282 e. The predicted molar refractivity (Wildman–Crippen MR) is 81.2 cm³/mol. The molecule has 0 saturated carbocycles. The Labute approximate surface area is 128 Å². The summed E-state index contributed by atoms with van der Waals surface area (Å²) in [6, 6.07) is 12.9. The minimum absolute atomic E-state index is 0.118. The van der Waals surface area contributed by atoms with Crippen molar-refractivity contribution in [3.8, 4) is 0 Å². The summed E-state index contributed by atoms with van der Waals surface area (Å²) in [7, 11) is 0. The highest BCUT2D eigenvalue weighted by molar-refractivity contribution is 5.93. The highest BCUT2D eigenvalue weighted by Crippen LogP contribution is 2.13. The number of amides is 1. The minimum atomic E-state index is -0.980. The number of hydrogen-bond acceptors (Lipinski definition) is 1. The van der Waals surface area contributed by atoms with E-state index in [4.69, 9.17) is 0 Å². The summed E-state index contributed by atoms with van der Waals surface area (Å²) in [5.74, 6) is -2.17. The molecule has 0 aliphatic rings. The number of hydrogen-bond donors (Lipinski definition) is 2. The standard InChI is InChI=1S/C17H18F2N2O/c1-11(13-6-4-3-5-7-13)20-12(2)17(22)21-14-8-9-15(18)16(19)10-14/h3-12,20H,1-2H3,(H,21,22)/p+1/t11-,12-/m0/s1. The number of quaternary nitrogens is 1. The highest BCUT2D eigenvalue weighted by Gasteiger charge is 2.20. The number of rotatable bonds is 5. The number of carbonyl (C=O) groups is 1. The van der Waals surface area contributed by atoms with Crippen molar-refractivity contribution in [2.24, 2.45) is 0 Å². The van der Waals surface area contributed by atoms with Gasteiger partial charge in [0.05, 0.1) is 0 Å². The van der Waals surface area contributed by atoms with Crippen molar-refractivity contribution >= 4 is 11.6 Å². The lowest BCUT2D eigenvalue weighted by atomic mass is 10.1. The summed E-state index contributed by atoms with van der Waals surface area (Å²) in [6.45, 7) is 3.78. The van der Waals surface area contributed by atoms with Crippen molar-refractivity contribution in [1.82, 2.24) is 0 Å². The molecule has 1 amide bonds. The van der Waals surface area contributed by atoms with E-state index in [0.29, 0.717) is 0 Å². The van der Waals surface area contributed by atoms with Crippen LogP contribution in [0.25, 0.3) is 0 Å².